The van der Waals surface area contributed by atoms with Crippen molar-refractivity contribution in [2.45, 2.75) is 32.2 Å². The molecule has 2 aliphatic heterocycles. The highest BCUT2D eigenvalue weighted by atomic mass is 16.3. The summed E-state index contributed by atoms with van der Waals surface area (Å²) in [6.07, 6.45) is 11.5. The van der Waals surface area contributed by atoms with Crippen LogP contribution in [0.1, 0.15) is 31.2 Å². The fraction of sp³-hybridized carbons (Fsp3) is 0.591. The van der Waals surface area contributed by atoms with Crippen molar-refractivity contribution in [3.8, 4) is 0 Å². The maximum atomic E-state index is 13.5. The Morgan fingerprint density at radius 2 is 2.14 bits per heavy atom. The van der Waals surface area contributed by atoms with E-state index in [-0.39, 0.29) is 17.2 Å². The number of nitrogens with one attached hydrogen (secondary N) is 1. The van der Waals surface area contributed by atoms with E-state index in [1.54, 1.807) is 18.7 Å². The minimum Gasteiger partial charge on any atom is -0.472 e. The van der Waals surface area contributed by atoms with E-state index in [1.807, 2.05) is 18.4 Å². The number of anilines is 1. The number of carbonyl (C=O) groups is 1. The highest BCUT2D eigenvalue weighted by Crippen LogP contribution is 2.44. The molecule has 1 aliphatic carbocycles. The molecule has 0 bridgehead atoms. The number of amides is 1. The summed E-state index contributed by atoms with van der Waals surface area (Å²) in [5.74, 6) is 1.92. The van der Waals surface area contributed by atoms with Gasteiger partial charge in [-0.15, -0.1) is 0 Å². The summed E-state index contributed by atoms with van der Waals surface area (Å²) in [7, 11) is 0. The largest absolute Gasteiger partial charge is 0.472 e. The third kappa shape index (κ3) is 3.88. The molecule has 2 saturated heterocycles. The Hall–Kier alpha value is -2.41. The predicted molar refractivity (Wildman–Crippen MR) is 109 cm³/mol. The highest BCUT2D eigenvalue weighted by Gasteiger charge is 2.53. The van der Waals surface area contributed by atoms with Crippen LogP contribution in [-0.4, -0.2) is 53.5 Å². The molecule has 2 atom stereocenters. The van der Waals surface area contributed by atoms with Gasteiger partial charge in [0.2, 0.25) is 11.9 Å². The van der Waals surface area contributed by atoms with E-state index in [9.17, 15) is 4.79 Å². The topological polar surface area (TPSA) is 74.5 Å². The van der Waals surface area contributed by atoms with Crippen LogP contribution in [0.4, 0.5) is 5.95 Å². The second-order valence-electron chi connectivity index (χ2n) is 8.91. The molecule has 1 amide bonds. The summed E-state index contributed by atoms with van der Waals surface area (Å²) in [5, 5.41) is 3.30. The van der Waals surface area contributed by atoms with E-state index < -0.39 is 0 Å². The van der Waals surface area contributed by atoms with Crippen molar-refractivity contribution in [1.82, 2.24) is 20.2 Å². The molecule has 1 saturated carbocycles. The van der Waals surface area contributed by atoms with Gasteiger partial charge in [-0.3, -0.25) is 9.69 Å². The van der Waals surface area contributed by atoms with E-state index in [0.29, 0.717) is 12.5 Å². The Kier molecular flexibility index (Phi) is 4.99. The van der Waals surface area contributed by atoms with Crippen LogP contribution >= 0.6 is 0 Å². The SMILES string of the molecule is O=C(NCC1CC1)[C@]12CCCN(Cc3ccoc3)C[C@H]1CN(c1ncccn1)C2. The number of nitrogens with zero attached hydrogens (tertiary/aromatic N) is 4. The van der Waals surface area contributed by atoms with Crippen LogP contribution in [-0.2, 0) is 11.3 Å². The first-order valence-electron chi connectivity index (χ1n) is 10.8. The van der Waals surface area contributed by atoms with Crippen LogP contribution in [0.5, 0.6) is 0 Å². The van der Waals surface area contributed by atoms with Crippen molar-refractivity contribution >= 4 is 11.9 Å². The highest BCUT2D eigenvalue weighted by molar-refractivity contribution is 5.84. The number of rotatable bonds is 6. The number of aromatic nitrogens is 2. The van der Waals surface area contributed by atoms with Crippen molar-refractivity contribution < 1.29 is 9.21 Å². The Morgan fingerprint density at radius 3 is 2.90 bits per heavy atom. The average molecular weight is 396 g/mol. The molecule has 7 nitrogen and oxygen atoms in total. The lowest BCUT2D eigenvalue weighted by molar-refractivity contribution is -0.132. The molecule has 2 aromatic rings. The van der Waals surface area contributed by atoms with Crippen molar-refractivity contribution in [1.29, 1.82) is 0 Å². The molecule has 29 heavy (non-hydrogen) atoms. The zero-order valence-corrected chi connectivity index (χ0v) is 16.8. The molecule has 0 spiro atoms. The van der Waals surface area contributed by atoms with Crippen molar-refractivity contribution in [3.63, 3.8) is 0 Å². The molecule has 4 heterocycles. The normalized spacial score (nSPS) is 27.4. The van der Waals surface area contributed by atoms with Crippen LogP contribution in [0, 0.1) is 17.3 Å². The van der Waals surface area contributed by atoms with Gasteiger partial charge in [-0.25, -0.2) is 9.97 Å². The number of hydrogen-bond donors (Lipinski definition) is 1. The second kappa shape index (κ2) is 7.78. The van der Waals surface area contributed by atoms with Gasteiger partial charge in [-0.2, -0.15) is 0 Å². The van der Waals surface area contributed by atoms with Crippen LogP contribution in [0.2, 0.25) is 0 Å². The monoisotopic (exact) mass is 395 g/mol. The summed E-state index contributed by atoms with van der Waals surface area (Å²) in [6.45, 7) is 5.15. The first-order chi connectivity index (χ1) is 14.2. The number of fused-ring (bicyclic) bond motifs is 1. The Balaban J connectivity index is 1.37. The van der Waals surface area contributed by atoms with Gasteiger partial charge in [0.05, 0.1) is 17.9 Å². The van der Waals surface area contributed by atoms with Crippen LogP contribution < -0.4 is 10.2 Å². The fourth-order valence-corrected chi connectivity index (χ4v) is 5.01. The molecule has 0 unspecified atom stereocenters. The average Bonchev–Trinajstić information content (AvgIpc) is 3.36. The molecule has 0 aromatic carbocycles. The Labute approximate surface area is 171 Å². The maximum absolute atomic E-state index is 13.5. The molecule has 154 valence electrons. The van der Waals surface area contributed by atoms with Gasteiger partial charge >= 0.3 is 0 Å². The van der Waals surface area contributed by atoms with Gasteiger partial charge in [-0.1, -0.05) is 0 Å². The lowest BCUT2D eigenvalue weighted by Crippen LogP contribution is -2.48. The Bertz CT molecular complexity index is 823. The van der Waals surface area contributed by atoms with Crippen LogP contribution in [0.25, 0.3) is 0 Å². The third-order valence-corrected chi connectivity index (χ3v) is 6.79. The molecule has 3 fully saturated rings. The number of furan rings is 1. The first-order valence-corrected chi connectivity index (χ1v) is 10.8. The maximum Gasteiger partial charge on any atom is 0.228 e. The summed E-state index contributed by atoms with van der Waals surface area (Å²) in [5.41, 5.74) is 0.830. The lowest BCUT2D eigenvalue weighted by atomic mass is 9.74. The number of carbonyl (C=O) groups excluding carboxylic acids is 1. The van der Waals surface area contributed by atoms with Gasteiger partial charge in [-0.05, 0) is 50.3 Å². The minimum atomic E-state index is -0.362. The van der Waals surface area contributed by atoms with E-state index in [1.165, 1.54) is 18.4 Å². The van der Waals surface area contributed by atoms with Gasteiger partial charge in [0.15, 0.2) is 0 Å². The Morgan fingerprint density at radius 1 is 1.28 bits per heavy atom. The third-order valence-electron chi connectivity index (χ3n) is 6.79. The number of likely N-dealkylation sites (tertiary alicyclic amines) is 1. The van der Waals surface area contributed by atoms with Gasteiger partial charge in [0.25, 0.3) is 0 Å². The zero-order chi connectivity index (χ0) is 19.7. The molecule has 0 radical (unpaired) electrons. The van der Waals surface area contributed by atoms with E-state index in [2.05, 4.69) is 25.1 Å². The van der Waals surface area contributed by atoms with Crippen LogP contribution in [0.15, 0.2) is 41.5 Å². The lowest BCUT2D eigenvalue weighted by Gasteiger charge is -2.32. The van der Waals surface area contributed by atoms with E-state index in [4.69, 9.17) is 4.42 Å². The fourth-order valence-electron chi connectivity index (χ4n) is 5.01. The van der Waals surface area contributed by atoms with Crippen molar-refractivity contribution in [2.75, 3.05) is 37.6 Å². The summed E-state index contributed by atoms with van der Waals surface area (Å²) >= 11 is 0. The molecule has 5 rings (SSSR count). The second-order valence-corrected chi connectivity index (χ2v) is 8.91. The van der Waals surface area contributed by atoms with E-state index in [0.717, 1.165) is 51.5 Å². The smallest absolute Gasteiger partial charge is 0.228 e. The van der Waals surface area contributed by atoms with Gasteiger partial charge in [0, 0.05) is 56.6 Å². The first kappa shape index (κ1) is 18.6. The predicted octanol–water partition coefficient (Wildman–Crippen LogP) is 2.31. The van der Waals surface area contributed by atoms with Crippen LogP contribution in [0.3, 0.4) is 0 Å². The molecule has 1 N–H and O–H groups in total. The molecule has 2 aromatic heterocycles. The van der Waals surface area contributed by atoms with Gasteiger partial charge in [0.1, 0.15) is 0 Å². The number of hydrogen-bond acceptors (Lipinski definition) is 6. The van der Waals surface area contributed by atoms with Crippen molar-refractivity contribution in [3.05, 3.63) is 42.6 Å². The summed E-state index contributed by atoms with van der Waals surface area (Å²) in [4.78, 5) is 27.1. The summed E-state index contributed by atoms with van der Waals surface area (Å²) in [6, 6.07) is 3.86. The quantitative estimate of drug-likeness (QED) is 0.809. The molecule has 7 heteroatoms. The standard InChI is InChI=1S/C22H29N5O2/c28-20(25-11-17-3-4-17)22-6-1-9-26(12-18-5-10-29-15-18)13-19(22)14-27(16-22)21-23-7-2-8-24-21/h2,5,7-8,10,15,17,19H,1,3-4,6,9,11-14,16H2,(H,25,28)/t19-,22-/m0/s1. The minimum absolute atomic E-state index is 0.234. The molecule has 3 aliphatic rings. The zero-order valence-electron chi connectivity index (χ0n) is 16.8. The summed E-state index contributed by atoms with van der Waals surface area (Å²) < 4.78 is 5.25. The van der Waals surface area contributed by atoms with Crippen molar-refractivity contribution in [2.24, 2.45) is 17.3 Å². The molecular weight excluding hydrogens is 366 g/mol. The molecular formula is C22H29N5O2. The van der Waals surface area contributed by atoms with E-state index >= 15 is 0 Å². The van der Waals surface area contributed by atoms with Gasteiger partial charge < -0.3 is 14.6 Å².